The summed E-state index contributed by atoms with van der Waals surface area (Å²) in [7, 11) is 0. The van der Waals surface area contributed by atoms with Gasteiger partial charge >= 0.3 is 0 Å². The zero-order chi connectivity index (χ0) is 22.8. The average Bonchev–Trinajstić information content (AvgIpc) is 3.01. The molecule has 0 bridgehead atoms. The van der Waals surface area contributed by atoms with E-state index in [9.17, 15) is 14.0 Å². The number of nitrogens with one attached hydrogen (secondary N) is 1. The summed E-state index contributed by atoms with van der Waals surface area (Å²) >= 11 is 0. The number of aryl methyl sites for hydroxylation is 2. The SMILES string of the molecule is CCOc1ccc(C2=C(Nc3ccc(C)cc3C)C(=O)N(c3ccccc3F)C2=O)cc1. The van der Waals surface area contributed by atoms with Crippen LogP contribution in [0.5, 0.6) is 5.75 Å². The maximum Gasteiger partial charge on any atom is 0.282 e. The number of amides is 2. The molecule has 0 fully saturated rings. The topological polar surface area (TPSA) is 58.6 Å². The standard InChI is InChI=1S/C26H23FN2O3/c1-4-32-19-12-10-18(11-13-19)23-24(28-21-14-9-16(2)15-17(21)3)26(31)29(25(23)30)22-8-6-5-7-20(22)27/h5-15,28H,4H2,1-3H3. The summed E-state index contributed by atoms with van der Waals surface area (Å²) < 4.78 is 20.0. The number of hydrogen-bond donors (Lipinski definition) is 1. The van der Waals surface area contributed by atoms with E-state index in [4.69, 9.17) is 4.74 Å². The Hall–Kier alpha value is -3.93. The van der Waals surface area contributed by atoms with Gasteiger partial charge in [-0.25, -0.2) is 9.29 Å². The number of ether oxygens (including phenoxy) is 1. The van der Waals surface area contributed by atoms with Gasteiger partial charge in [-0.1, -0.05) is 42.0 Å². The van der Waals surface area contributed by atoms with Crippen molar-refractivity contribution in [3.63, 3.8) is 0 Å². The van der Waals surface area contributed by atoms with Crippen LogP contribution in [0.15, 0.2) is 72.4 Å². The monoisotopic (exact) mass is 430 g/mol. The Labute approximate surface area is 186 Å². The van der Waals surface area contributed by atoms with Crippen molar-refractivity contribution in [2.24, 2.45) is 0 Å². The highest BCUT2D eigenvalue weighted by molar-refractivity contribution is 6.46. The number of benzene rings is 3. The van der Waals surface area contributed by atoms with Crippen LogP contribution in [0.4, 0.5) is 15.8 Å². The maximum absolute atomic E-state index is 14.5. The van der Waals surface area contributed by atoms with E-state index in [2.05, 4.69) is 5.32 Å². The average molecular weight is 430 g/mol. The number of para-hydroxylation sites is 1. The second kappa shape index (κ2) is 8.67. The van der Waals surface area contributed by atoms with Crippen LogP contribution >= 0.6 is 0 Å². The van der Waals surface area contributed by atoms with Crippen molar-refractivity contribution in [2.45, 2.75) is 20.8 Å². The molecule has 1 heterocycles. The first-order chi connectivity index (χ1) is 15.4. The molecule has 1 aliphatic rings. The molecule has 1 aliphatic heterocycles. The third-order valence-corrected chi connectivity index (χ3v) is 5.27. The maximum atomic E-state index is 14.5. The van der Waals surface area contributed by atoms with E-state index in [1.165, 1.54) is 18.2 Å². The molecule has 0 spiro atoms. The van der Waals surface area contributed by atoms with Crippen LogP contribution in [0, 0.1) is 19.7 Å². The summed E-state index contributed by atoms with van der Waals surface area (Å²) in [5, 5.41) is 3.14. The van der Waals surface area contributed by atoms with Crippen LogP contribution in [0.3, 0.4) is 0 Å². The van der Waals surface area contributed by atoms with Gasteiger partial charge in [0.1, 0.15) is 17.3 Å². The second-order valence-corrected chi connectivity index (χ2v) is 7.55. The number of imide groups is 1. The summed E-state index contributed by atoms with van der Waals surface area (Å²) in [4.78, 5) is 27.7. The van der Waals surface area contributed by atoms with Crippen LogP contribution < -0.4 is 15.0 Å². The molecule has 0 atom stereocenters. The number of anilines is 2. The van der Waals surface area contributed by atoms with E-state index in [1.807, 2.05) is 39.0 Å². The minimum absolute atomic E-state index is 0.0802. The highest BCUT2D eigenvalue weighted by atomic mass is 19.1. The van der Waals surface area contributed by atoms with Crippen LogP contribution in [0.25, 0.3) is 5.57 Å². The lowest BCUT2D eigenvalue weighted by molar-refractivity contribution is -0.120. The molecular formula is C26H23FN2O3. The van der Waals surface area contributed by atoms with Gasteiger partial charge in [0.2, 0.25) is 0 Å². The van der Waals surface area contributed by atoms with Gasteiger partial charge in [-0.3, -0.25) is 9.59 Å². The normalized spacial score (nSPS) is 13.7. The van der Waals surface area contributed by atoms with Gasteiger partial charge in [-0.2, -0.15) is 0 Å². The van der Waals surface area contributed by atoms with Crippen LogP contribution in [0.1, 0.15) is 23.6 Å². The molecule has 0 radical (unpaired) electrons. The summed E-state index contributed by atoms with van der Waals surface area (Å²) in [6, 6.07) is 18.4. The lowest BCUT2D eigenvalue weighted by atomic mass is 10.0. The Kier molecular flexibility index (Phi) is 5.77. The molecule has 0 aromatic heterocycles. The van der Waals surface area contributed by atoms with Crippen molar-refractivity contribution in [2.75, 3.05) is 16.8 Å². The van der Waals surface area contributed by atoms with Gasteiger partial charge in [0.25, 0.3) is 11.8 Å². The molecule has 3 aromatic carbocycles. The van der Waals surface area contributed by atoms with Gasteiger partial charge in [0.15, 0.2) is 0 Å². The third-order valence-electron chi connectivity index (χ3n) is 5.27. The lowest BCUT2D eigenvalue weighted by Gasteiger charge is -2.16. The van der Waals surface area contributed by atoms with Crippen molar-refractivity contribution in [1.82, 2.24) is 0 Å². The lowest BCUT2D eigenvalue weighted by Crippen LogP contribution is -2.33. The Morgan fingerprint density at radius 1 is 0.938 bits per heavy atom. The van der Waals surface area contributed by atoms with Crippen molar-refractivity contribution in [3.8, 4) is 5.75 Å². The van der Waals surface area contributed by atoms with Crippen molar-refractivity contribution >= 4 is 28.8 Å². The number of rotatable bonds is 6. The number of hydrogen-bond acceptors (Lipinski definition) is 4. The highest BCUT2D eigenvalue weighted by Crippen LogP contribution is 2.35. The molecule has 0 aliphatic carbocycles. The molecule has 3 aromatic rings. The fourth-order valence-electron chi connectivity index (χ4n) is 3.74. The second-order valence-electron chi connectivity index (χ2n) is 7.55. The molecule has 32 heavy (non-hydrogen) atoms. The molecule has 4 rings (SSSR count). The van der Waals surface area contributed by atoms with E-state index in [-0.39, 0.29) is 17.0 Å². The van der Waals surface area contributed by atoms with Gasteiger partial charge in [-0.15, -0.1) is 0 Å². The molecule has 162 valence electrons. The molecule has 0 unspecified atom stereocenters. The molecule has 2 amide bonds. The molecule has 0 saturated carbocycles. The Morgan fingerprint density at radius 3 is 2.31 bits per heavy atom. The van der Waals surface area contributed by atoms with Crippen molar-refractivity contribution in [1.29, 1.82) is 0 Å². The van der Waals surface area contributed by atoms with Crippen LogP contribution in [-0.4, -0.2) is 18.4 Å². The number of halogens is 1. The van der Waals surface area contributed by atoms with E-state index >= 15 is 0 Å². The molecular weight excluding hydrogens is 407 g/mol. The highest BCUT2D eigenvalue weighted by Gasteiger charge is 2.41. The first-order valence-electron chi connectivity index (χ1n) is 10.4. The molecule has 0 saturated heterocycles. The Balaban J connectivity index is 1.83. The minimum atomic E-state index is -0.645. The zero-order valence-corrected chi connectivity index (χ0v) is 18.1. The van der Waals surface area contributed by atoms with Crippen molar-refractivity contribution < 1.29 is 18.7 Å². The number of nitrogens with zero attached hydrogens (tertiary/aromatic N) is 1. The number of carbonyl (C=O) groups is 2. The van der Waals surface area contributed by atoms with E-state index in [0.717, 1.165) is 16.0 Å². The van der Waals surface area contributed by atoms with Crippen LogP contribution in [0.2, 0.25) is 0 Å². The molecule has 5 nitrogen and oxygen atoms in total. The Morgan fingerprint density at radius 2 is 1.66 bits per heavy atom. The molecule has 6 heteroatoms. The fraction of sp³-hybridized carbons (Fsp3) is 0.154. The van der Waals surface area contributed by atoms with Gasteiger partial charge in [0, 0.05) is 5.69 Å². The Bertz CT molecular complexity index is 1230. The quantitative estimate of drug-likeness (QED) is 0.544. The van der Waals surface area contributed by atoms with Crippen LogP contribution in [-0.2, 0) is 9.59 Å². The van der Waals surface area contributed by atoms with Gasteiger partial charge < -0.3 is 10.1 Å². The summed E-state index contributed by atoms with van der Waals surface area (Å²) in [5.41, 5.74) is 3.45. The largest absolute Gasteiger partial charge is 0.494 e. The van der Waals surface area contributed by atoms with E-state index in [0.29, 0.717) is 23.6 Å². The molecule has 1 N–H and O–H groups in total. The van der Waals surface area contributed by atoms with Gasteiger partial charge in [0.05, 0.1) is 17.9 Å². The first kappa shape index (κ1) is 21.3. The number of carbonyl (C=O) groups excluding carboxylic acids is 2. The van der Waals surface area contributed by atoms with E-state index < -0.39 is 17.6 Å². The zero-order valence-electron chi connectivity index (χ0n) is 18.1. The van der Waals surface area contributed by atoms with Crippen molar-refractivity contribution in [3.05, 3.63) is 94.9 Å². The fourth-order valence-corrected chi connectivity index (χ4v) is 3.74. The predicted molar refractivity (Wildman–Crippen MR) is 123 cm³/mol. The smallest absolute Gasteiger partial charge is 0.282 e. The first-order valence-corrected chi connectivity index (χ1v) is 10.4. The third kappa shape index (κ3) is 3.87. The minimum Gasteiger partial charge on any atom is -0.494 e. The summed E-state index contributed by atoms with van der Waals surface area (Å²) in [5.74, 6) is -1.18. The summed E-state index contributed by atoms with van der Waals surface area (Å²) in [6.45, 7) is 6.29. The van der Waals surface area contributed by atoms with E-state index in [1.54, 1.807) is 30.3 Å². The van der Waals surface area contributed by atoms with Gasteiger partial charge in [-0.05, 0) is 62.2 Å². The summed E-state index contributed by atoms with van der Waals surface area (Å²) in [6.07, 6.45) is 0. The predicted octanol–water partition coefficient (Wildman–Crippen LogP) is 5.24.